The van der Waals surface area contributed by atoms with E-state index >= 15 is 0 Å². The monoisotopic (exact) mass is 392 g/mol. The highest BCUT2D eigenvalue weighted by Gasteiger charge is 2.34. The van der Waals surface area contributed by atoms with Crippen molar-refractivity contribution in [2.75, 3.05) is 18.6 Å². The number of carbonyl (C=O) groups excluding carboxylic acids is 2. The van der Waals surface area contributed by atoms with Crippen molar-refractivity contribution in [3.05, 3.63) is 36.2 Å². The molecule has 0 N–H and O–H groups in total. The van der Waals surface area contributed by atoms with E-state index in [9.17, 15) is 18.0 Å². The van der Waals surface area contributed by atoms with Gasteiger partial charge in [-0.25, -0.2) is 18.2 Å². The number of sulfone groups is 1. The van der Waals surface area contributed by atoms with Gasteiger partial charge >= 0.3 is 5.97 Å². The highest BCUT2D eigenvalue weighted by molar-refractivity contribution is 7.91. The molecule has 0 radical (unpaired) electrons. The molecule has 2 aromatic rings. The van der Waals surface area contributed by atoms with Gasteiger partial charge in [0, 0.05) is 25.2 Å². The molecule has 3 rings (SSSR count). The maximum absolute atomic E-state index is 12.4. The molecule has 2 atom stereocenters. The van der Waals surface area contributed by atoms with Crippen molar-refractivity contribution in [1.82, 2.24) is 9.88 Å². The van der Waals surface area contributed by atoms with E-state index in [0.717, 1.165) is 6.08 Å². The molecule has 27 heavy (non-hydrogen) atoms. The van der Waals surface area contributed by atoms with Crippen LogP contribution in [0.1, 0.15) is 19.2 Å². The maximum Gasteiger partial charge on any atom is 0.331 e. The molecule has 144 valence electrons. The molecule has 9 heteroatoms. The van der Waals surface area contributed by atoms with Crippen molar-refractivity contribution in [3.63, 3.8) is 0 Å². The highest BCUT2D eigenvalue weighted by Crippen LogP contribution is 2.18. The topological polar surface area (TPSA) is 107 Å². The molecule has 0 spiro atoms. The Kier molecular flexibility index (Phi) is 5.31. The SMILES string of the molecule is C[C@H](OC(=O)/C=C/c1nc2ccccc2o1)C(=O)N(C)[C@H]1CCS(=O)(=O)C1. The van der Waals surface area contributed by atoms with Gasteiger partial charge in [-0.15, -0.1) is 0 Å². The molecule has 0 saturated carbocycles. The molecule has 2 heterocycles. The standard InChI is InChI=1S/C18H20N2O6S/c1-12(18(22)20(2)13-9-10-27(23,24)11-13)25-17(21)8-7-16-19-14-5-3-4-6-15(14)26-16/h3-8,12-13H,9-11H2,1-2H3/b8-7+/t12-,13-/m0/s1. The predicted molar refractivity (Wildman–Crippen MR) is 98.4 cm³/mol. The largest absolute Gasteiger partial charge is 0.449 e. The summed E-state index contributed by atoms with van der Waals surface area (Å²) in [4.78, 5) is 29.9. The first-order chi connectivity index (χ1) is 12.7. The molecule has 1 aromatic carbocycles. The van der Waals surface area contributed by atoms with Crippen LogP contribution in [0.5, 0.6) is 0 Å². The summed E-state index contributed by atoms with van der Waals surface area (Å²) in [7, 11) is -1.58. The minimum absolute atomic E-state index is 0.0620. The van der Waals surface area contributed by atoms with Crippen LogP contribution in [0.3, 0.4) is 0 Å². The normalized spacial score (nSPS) is 20.0. The minimum atomic E-state index is -3.10. The molecule has 0 unspecified atom stereocenters. The third-order valence-corrected chi connectivity index (χ3v) is 6.17. The molecule has 0 bridgehead atoms. The Hall–Kier alpha value is -2.68. The number of fused-ring (bicyclic) bond motifs is 1. The fourth-order valence-electron chi connectivity index (χ4n) is 2.91. The van der Waals surface area contributed by atoms with Crippen molar-refractivity contribution in [3.8, 4) is 0 Å². The lowest BCUT2D eigenvalue weighted by atomic mass is 10.2. The molecular weight excluding hydrogens is 372 g/mol. The second kappa shape index (κ2) is 7.51. The van der Waals surface area contributed by atoms with E-state index in [0.29, 0.717) is 17.5 Å². The Morgan fingerprint density at radius 2 is 2.11 bits per heavy atom. The van der Waals surface area contributed by atoms with E-state index in [2.05, 4.69) is 4.98 Å². The quantitative estimate of drug-likeness (QED) is 0.559. The number of oxazole rings is 1. The van der Waals surface area contributed by atoms with Gasteiger partial charge in [-0.3, -0.25) is 4.79 Å². The molecule has 1 aliphatic rings. The van der Waals surface area contributed by atoms with E-state index in [1.54, 1.807) is 12.1 Å². The Morgan fingerprint density at radius 1 is 1.37 bits per heavy atom. The second-order valence-electron chi connectivity index (χ2n) is 6.44. The molecule has 1 amide bonds. The molecule has 1 aliphatic heterocycles. The van der Waals surface area contributed by atoms with Gasteiger partial charge in [-0.2, -0.15) is 0 Å². The minimum Gasteiger partial charge on any atom is -0.449 e. The second-order valence-corrected chi connectivity index (χ2v) is 8.67. The van der Waals surface area contributed by atoms with E-state index in [-0.39, 0.29) is 23.4 Å². The van der Waals surface area contributed by atoms with Gasteiger partial charge in [-0.1, -0.05) is 12.1 Å². The van der Waals surface area contributed by atoms with E-state index < -0.39 is 27.8 Å². The number of ether oxygens (including phenoxy) is 1. The average Bonchev–Trinajstić information content (AvgIpc) is 3.21. The zero-order valence-electron chi connectivity index (χ0n) is 15.0. The third kappa shape index (κ3) is 4.54. The molecule has 1 fully saturated rings. The smallest absolute Gasteiger partial charge is 0.331 e. The van der Waals surface area contributed by atoms with Gasteiger partial charge in [0.15, 0.2) is 21.5 Å². The number of esters is 1. The van der Waals surface area contributed by atoms with Crippen molar-refractivity contribution in [1.29, 1.82) is 0 Å². The van der Waals surface area contributed by atoms with E-state index in [1.807, 2.05) is 12.1 Å². The lowest BCUT2D eigenvalue weighted by molar-refractivity contribution is -0.155. The van der Waals surface area contributed by atoms with Crippen LogP contribution in [0.4, 0.5) is 0 Å². The van der Waals surface area contributed by atoms with Crippen LogP contribution < -0.4 is 0 Å². The lowest BCUT2D eigenvalue weighted by Gasteiger charge is -2.26. The van der Waals surface area contributed by atoms with Gasteiger partial charge in [0.25, 0.3) is 5.91 Å². The van der Waals surface area contributed by atoms with Crippen LogP contribution in [-0.2, 0) is 24.2 Å². The summed E-state index contributed by atoms with van der Waals surface area (Å²) in [5.41, 5.74) is 1.27. The van der Waals surface area contributed by atoms with Crippen LogP contribution >= 0.6 is 0 Å². The zero-order chi connectivity index (χ0) is 19.6. The van der Waals surface area contributed by atoms with Crippen molar-refractivity contribution in [2.45, 2.75) is 25.5 Å². The number of rotatable bonds is 5. The van der Waals surface area contributed by atoms with Crippen molar-refractivity contribution < 1.29 is 27.2 Å². The Labute approximate surface area is 156 Å². The highest BCUT2D eigenvalue weighted by atomic mass is 32.2. The van der Waals surface area contributed by atoms with E-state index in [4.69, 9.17) is 9.15 Å². The summed E-state index contributed by atoms with van der Waals surface area (Å²) in [6.45, 7) is 1.45. The zero-order valence-corrected chi connectivity index (χ0v) is 15.8. The summed E-state index contributed by atoms with van der Waals surface area (Å²) in [6.07, 6.45) is 1.86. The lowest BCUT2D eigenvalue weighted by Crippen LogP contribution is -2.44. The fourth-order valence-corrected chi connectivity index (χ4v) is 4.69. The van der Waals surface area contributed by atoms with Crippen molar-refractivity contribution in [2.24, 2.45) is 0 Å². The van der Waals surface area contributed by atoms with Gasteiger partial charge in [-0.05, 0) is 25.5 Å². The summed E-state index contributed by atoms with van der Waals surface area (Å²) < 4.78 is 33.7. The number of carbonyl (C=O) groups is 2. The molecule has 1 saturated heterocycles. The third-order valence-electron chi connectivity index (χ3n) is 4.42. The summed E-state index contributed by atoms with van der Waals surface area (Å²) in [5, 5.41) is 0. The number of hydrogen-bond acceptors (Lipinski definition) is 7. The fraction of sp³-hybridized carbons (Fsp3) is 0.389. The number of hydrogen-bond donors (Lipinski definition) is 0. The Bertz CT molecular complexity index is 961. The van der Waals surface area contributed by atoms with Crippen LogP contribution in [0.2, 0.25) is 0 Å². The molecular formula is C18H20N2O6S. The first-order valence-corrected chi connectivity index (χ1v) is 10.3. The van der Waals surface area contributed by atoms with Gasteiger partial charge < -0.3 is 14.1 Å². The van der Waals surface area contributed by atoms with Gasteiger partial charge in [0.05, 0.1) is 11.5 Å². The Balaban J connectivity index is 1.57. The number of para-hydroxylation sites is 2. The average molecular weight is 392 g/mol. The number of benzene rings is 1. The van der Waals surface area contributed by atoms with Crippen LogP contribution in [0.15, 0.2) is 34.8 Å². The summed E-state index contributed by atoms with van der Waals surface area (Å²) in [6, 6.07) is 6.80. The number of likely N-dealkylation sites (N-methyl/N-ethyl adjacent to an activating group) is 1. The number of aromatic nitrogens is 1. The van der Waals surface area contributed by atoms with Gasteiger partial charge in [0.2, 0.25) is 5.89 Å². The van der Waals surface area contributed by atoms with Crippen LogP contribution in [0, 0.1) is 0 Å². The first-order valence-electron chi connectivity index (χ1n) is 8.46. The van der Waals surface area contributed by atoms with Crippen LogP contribution in [-0.4, -0.2) is 60.9 Å². The van der Waals surface area contributed by atoms with E-state index in [1.165, 1.54) is 24.9 Å². The summed E-state index contributed by atoms with van der Waals surface area (Å²) in [5.74, 6) is -0.906. The summed E-state index contributed by atoms with van der Waals surface area (Å²) >= 11 is 0. The number of nitrogens with zero attached hydrogens (tertiary/aromatic N) is 2. The molecule has 1 aromatic heterocycles. The molecule has 8 nitrogen and oxygen atoms in total. The Morgan fingerprint density at radius 3 is 2.78 bits per heavy atom. The van der Waals surface area contributed by atoms with Crippen molar-refractivity contribution >= 4 is 38.9 Å². The first kappa shape index (κ1) is 19.1. The van der Waals surface area contributed by atoms with Gasteiger partial charge in [0.1, 0.15) is 5.52 Å². The van der Waals surface area contributed by atoms with Crippen LogP contribution in [0.25, 0.3) is 17.2 Å². The molecule has 0 aliphatic carbocycles. The predicted octanol–water partition coefficient (Wildman–Crippen LogP) is 1.42. The maximum atomic E-state index is 12.4. The number of amides is 1.